The van der Waals surface area contributed by atoms with Gasteiger partial charge in [0.1, 0.15) is 11.5 Å². The quantitative estimate of drug-likeness (QED) is 0.382. The molecule has 8 heteroatoms. The minimum absolute atomic E-state index is 0.222. The number of anilines is 3. The summed E-state index contributed by atoms with van der Waals surface area (Å²) < 4.78 is 10.7. The van der Waals surface area contributed by atoms with E-state index in [2.05, 4.69) is 20.9 Å². The molecular weight excluding hydrogens is 456 g/mol. The van der Waals surface area contributed by atoms with Crippen molar-refractivity contribution >= 4 is 29.0 Å². The first-order valence-electron chi connectivity index (χ1n) is 12.2. The van der Waals surface area contributed by atoms with Gasteiger partial charge in [0.2, 0.25) is 0 Å². The highest BCUT2D eigenvalue weighted by molar-refractivity contribution is 6.04. The third kappa shape index (κ3) is 6.47. The van der Waals surface area contributed by atoms with Crippen LogP contribution in [0.2, 0.25) is 0 Å². The molecule has 0 bridgehead atoms. The largest absolute Gasteiger partial charge is 0.497 e. The zero-order valence-corrected chi connectivity index (χ0v) is 20.7. The second-order valence-electron chi connectivity index (χ2n) is 8.50. The van der Waals surface area contributed by atoms with Crippen LogP contribution in [0.15, 0.2) is 66.7 Å². The Morgan fingerprint density at radius 3 is 2.42 bits per heavy atom. The molecule has 1 saturated heterocycles. The maximum absolute atomic E-state index is 12.9. The van der Waals surface area contributed by atoms with Crippen molar-refractivity contribution in [2.24, 2.45) is 0 Å². The van der Waals surface area contributed by atoms with E-state index in [0.29, 0.717) is 30.1 Å². The molecule has 0 spiro atoms. The van der Waals surface area contributed by atoms with Crippen molar-refractivity contribution in [3.05, 3.63) is 77.9 Å². The second kappa shape index (κ2) is 12.0. The highest BCUT2D eigenvalue weighted by atomic mass is 16.5. The molecule has 0 atom stereocenters. The van der Waals surface area contributed by atoms with Gasteiger partial charge in [-0.1, -0.05) is 12.1 Å². The normalized spacial score (nSPS) is 12.7. The van der Waals surface area contributed by atoms with Gasteiger partial charge >= 0.3 is 6.03 Å². The van der Waals surface area contributed by atoms with E-state index in [4.69, 9.17) is 9.47 Å². The van der Waals surface area contributed by atoms with Crippen molar-refractivity contribution < 1.29 is 19.1 Å². The van der Waals surface area contributed by atoms with Gasteiger partial charge in [0.05, 0.1) is 25.1 Å². The molecule has 0 saturated carbocycles. The lowest BCUT2D eigenvalue weighted by Crippen LogP contribution is -2.26. The Kier molecular flexibility index (Phi) is 8.28. The monoisotopic (exact) mass is 488 g/mol. The number of rotatable bonds is 9. The van der Waals surface area contributed by atoms with E-state index in [1.54, 1.807) is 31.4 Å². The minimum atomic E-state index is -0.381. The SMILES string of the molecule is CCOc1ccc(NC(=O)Nc2cc(C(=O)NCc3cccc(OC)c3)ccc2N2CCCC2)cc1. The molecule has 0 aromatic heterocycles. The Balaban J connectivity index is 1.47. The van der Waals surface area contributed by atoms with Crippen LogP contribution in [0, 0.1) is 0 Å². The van der Waals surface area contributed by atoms with Gasteiger partial charge in [0, 0.05) is 30.9 Å². The summed E-state index contributed by atoms with van der Waals surface area (Å²) in [5.74, 6) is 1.26. The molecule has 3 N–H and O–H groups in total. The van der Waals surface area contributed by atoms with Crippen LogP contribution < -0.4 is 30.3 Å². The van der Waals surface area contributed by atoms with Gasteiger partial charge in [-0.2, -0.15) is 0 Å². The summed E-state index contributed by atoms with van der Waals surface area (Å²) in [6.07, 6.45) is 2.20. The summed E-state index contributed by atoms with van der Waals surface area (Å²) in [5.41, 5.74) is 3.54. The van der Waals surface area contributed by atoms with E-state index >= 15 is 0 Å². The zero-order chi connectivity index (χ0) is 25.3. The van der Waals surface area contributed by atoms with E-state index in [0.717, 1.165) is 48.7 Å². The smallest absolute Gasteiger partial charge is 0.323 e. The Labute approximate surface area is 211 Å². The number of carbonyl (C=O) groups excluding carboxylic acids is 2. The Bertz CT molecular complexity index is 1190. The van der Waals surface area contributed by atoms with Crippen molar-refractivity contribution in [3.63, 3.8) is 0 Å². The van der Waals surface area contributed by atoms with Crippen molar-refractivity contribution in [1.82, 2.24) is 5.32 Å². The Morgan fingerprint density at radius 1 is 0.917 bits per heavy atom. The van der Waals surface area contributed by atoms with Gasteiger partial charge in [-0.3, -0.25) is 4.79 Å². The van der Waals surface area contributed by atoms with E-state index in [1.807, 2.05) is 49.4 Å². The minimum Gasteiger partial charge on any atom is -0.497 e. The summed E-state index contributed by atoms with van der Waals surface area (Å²) in [7, 11) is 1.61. The van der Waals surface area contributed by atoms with Crippen molar-refractivity contribution in [1.29, 1.82) is 0 Å². The molecular formula is C28H32N4O4. The lowest BCUT2D eigenvalue weighted by atomic mass is 10.1. The highest BCUT2D eigenvalue weighted by Crippen LogP contribution is 2.30. The molecule has 36 heavy (non-hydrogen) atoms. The van der Waals surface area contributed by atoms with E-state index in [1.165, 1.54) is 0 Å². The van der Waals surface area contributed by atoms with E-state index in [-0.39, 0.29) is 11.9 Å². The zero-order valence-electron chi connectivity index (χ0n) is 20.7. The topological polar surface area (TPSA) is 91.9 Å². The lowest BCUT2D eigenvalue weighted by molar-refractivity contribution is 0.0951. The molecule has 3 amide bonds. The molecule has 4 rings (SSSR count). The van der Waals surface area contributed by atoms with Crippen molar-refractivity contribution in [2.45, 2.75) is 26.3 Å². The van der Waals surface area contributed by atoms with Gasteiger partial charge in [-0.05, 0) is 79.9 Å². The average Bonchev–Trinajstić information content (AvgIpc) is 3.43. The summed E-state index contributed by atoms with van der Waals surface area (Å²) in [6.45, 7) is 4.69. The Hall–Kier alpha value is -4.20. The van der Waals surface area contributed by atoms with E-state index in [9.17, 15) is 9.59 Å². The van der Waals surface area contributed by atoms with E-state index < -0.39 is 0 Å². The van der Waals surface area contributed by atoms with Crippen molar-refractivity contribution in [3.8, 4) is 11.5 Å². The third-order valence-electron chi connectivity index (χ3n) is 5.96. The van der Waals surface area contributed by atoms with Crippen LogP contribution in [0.5, 0.6) is 11.5 Å². The van der Waals surface area contributed by atoms with Crippen LogP contribution in [0.4, 0.5) is 21.9 Å². The fourth-order valence-corrected chi connectivity index (χ4v) is 4.16. The highest BCUT2D eigenvalue weighted by Gasteiger charge is 2.19. The van der Waals surface area contributed by atoms with Gasteiger partial charge in [-0.15, -0.1) is 0 Å². The molecule has 188 valence electrons. The fraction of sp³-hybridized carbons (Fsp3) is 0.286. The van der Waals surface area contributed by atoms with Gasteiger partial charge in [0.25, 0.3) is 5.91 Å². The predicted octanol–water partition coefficient (Wildman–Crippen LogP) is 5.27. The average molecular weight is 489 g/mol. The molecule has 1 aliphatic heterocycles. The third-order valence-corrected chi connectivity index (χ3v) is 5.96. The lowest BCUT2D eigenvalue weighted by Gasteiger charge is -2.22. The maximum atomic E-state index is 12.9. The van der Waals surface area contributed by atoms with Gasteiger partial charge in [0.15, 0.2) is 0 Å². The van der Waals surface area contributed by atoms with Gasteiger partial charge in [-0.25, -0.2) is 4.79 Å². The molecule has 8 nitrogen and oxygen atoms in total. The number of carbonyl (C=O) groups is 2. The summed E-state index contributed by atoms with van der Waals surface area (Å²) in [6, 6.07) is 19.8. The van der Waals surface area contributed by atoms with Crippen LogP contribution >= 0.6 is 0 Å². The van der Waals surface area contributed by atoms with Crippen LogP contribution in [-0.4, -0.2) is 38.7 Å². The van der Waals surface area contributed by atoms with Crippen molar-refractivity contribution in [2.75, 3.05) is 42.3 Å². The first-order valence-corrected chi connectivity index (χ1v) is 12.2. The number of hydrogen-bond acceptors (Lipinski definition) is 5. The number of nitrogens with one attached hydrogen (secondary N) is 3. The number of methoxy groups -OCH3 is 1. The molecule has 0 aliphatic carbocycles. The number of hydrogen-bond donors (Lipinski definition) is 3. The summed E-state index contributed by atoms with van der Waals surface area (Å²) in [5, 5.41) is 8.73. The molecule has 1 fully saturated rings. The number of ether oxygens (including phenoxy) is 2. The first kappa shape index (κ1) is 24.9. The molecule has 3 aromatic rings. The number of urea groups is 1. The number of benzene rings is 3. The van der Waals surface area contributed by atoms with Crippen LogP contribution in [-0.2, 0) is 6.54 Å². The predicted molar refractivity (Wildman–Crippen MR) is 142 cm³/mol. The molecule has 1 heterocycles. The molecule has 0 radical (unpaired) electrons. The van der Waals surface area contributed by atoms with Crippen LogP contribution in [0.1, 0.15) is 35.7 Å². The van der Waals surface area contributed by atoms with Crippen LogP contribution in [0.3, 0.4) is 0 Å². The molecule has 0 unspecified atom stereocenters. The maximum Gasteiger partial charge on any atom is 0.323 e. The summed E-state index contributed by atoms with van der Waals surface area (Å²) in [4.78, 5) is 28.0. The number of nitrogens with zero attached hydrogens (tertiary/aromatic N) is 1. The molecule has 1 aliphatic rings. The standard InChI is InChI=1S/C28H32N4O4/c1-3-36-23-12-10-22(11-13-23)30-28(34)31-25-18-21(9-14-26(25)32-15-4-5-16-32)27(33)29-19-20-7-6-8-24(17-20)35-2/h6-14,17-18H,3-5,15-16,19H2,1-2H3,(H,29,33)(H2,30,31,34). The molecule has 3 aromatic carbocycles. The van der Waals surface area contributed by atoms with Gasteiger partial charge < -0.3 is 30.3 Å². The first-order chi connectivity index (χ1) is 17.6. The fourth-order valence-electron chi connectivity index (χ4n) is 4.16. The number of amides is 3. The second-order valence-corrected chi connectivity index (χ2v) is 8.50. The Morgan fingerprint density at radius 2 is 1.69 bits per heavy atom. The summed E-state index contributed by atoms with van der Waals surface area (Å²) >= 11 is 0. The van der Waals surface area contributed by atoms with Crippen LogP contribution in [0.25, 0.3) is 0 Å².